The third-order valence-corrected chi connectivity index (χ3v) is 5.33. The molecule has 0 aliphatic carbocycles. The molecular formula is C15H23N3O4S. The van der Waals surface area contributed by atoms with Gasteiger partial charge < -0.3 is 15.4 Å². The lowest BCUT2D eigenvalue weighted by Crippen LogP contribution is -2.31. The molecule has 0 unspecified atom stereocenters. The number of urea groups is 1. The van der Waals surface area contributed by atoms with Crippen LogP contribution in [0.15, 0.2) is 18.2 Å². The summed E-state index contributed by atoms with van der Waals surface area (Å²) in [6.45, 7) is 4.99. The standard InChI is InChI=1S/C15H23N3O4S/c1-11(2)10-16-15(19)17-12-5-6-14(22-3)13(9-12)18-7-4-8-23(18,20)21/h5-6,9,11H,4,7-8,10H2,1-3H3,(H2,16,17,19). The molecule has 0 spiro atoms. The fraction of sp³-hybridized carbons (Fsp3) is 0.533. The van der Waals surface area contributed by atoms with E-state index in [0.717, 1.165) is 0 Å². The Hall–Kier alpha value is -1.96. The normalized spacial score (nSPS) is 16.4. The molecular weight excluding hydrogens is 318 g/mol. The Morgan fingerprint density at radius 1 is 1.39 bits per heavy atom. The van der Waals surface area contributed by atoms with E-state index >= 15 is 0 Å². The molecule has 8 heteroatoms. The summed E-state index contributed by atoms with van der Waals surface area (Å²) in [6, 6.07) is 4.64. The largest absolute Gasteiger partial charge is 0.495 e. The summed E-state index contributed by atoms with van der Waals surface area (Å²) < 4.78 is 30.8. The zero-order valence-corrected chi connectivity index (χ0v) is 14.4. The molecule has 1 saturated heterocycles. The van der Waals surface area contributed by atoms with Crippen LogP contribution in [0.25, 0.3) is 0 Å². The van der Waals surface area contributed by atoms with Crippen LogP contribution in [0.5, 0.6) is 5.75 Å². The summed E-state index contributed by atoms with van der Waals surface area (Å²) in [5, 5.41) is 5.46. The zero-order valence-electron chi connectivity index (χ0n) is 13.6. The highest BCUT2D eigenvalue weighted by atomic mass is 32.2. The monoisotopic (exact) mass is 341 g/mol. The summed E-state index contributed by atoms with van der Waals surface area (Å²) in [6.07, 6.45) is 0.581. The van der Waals surface area contributed by atoms with E-state index in [0.29, 0.717) is 42.6 Å². The topological polar surface area (TPSA) is 87.7 Å². The molecule has 2 N–H and O–H groups in total. The Bertz CT molecular complexity index is 673. The molecule has 0 aromatic heterocycles. The van der Waals surface area contributed by atoms with E-state index in [4.69, 9.17) is 4.74 Å². The first-order valence-corrected chi connectivity index (χ1v) is 9.17. The average Bonchev–Trinajstić information content (AvgIpc) is 2.84. The lowest BCUT2D eigenvalue weighted by Gasteiger charge is -2.21. The maximum absolute atomic E-state index is 12.1. The van der Waals surface area contributed by atoms with E-state index in [2.05, 4.69) is 10.6 Å². The Morgan fingerprint density at radius 2 is 2.13 bits per heavy atom. The van der Waals surface area contributed by atoms with Crippen LogP contribution in [0.2, 0.25) is 0 Å². The van der Waals surface area contributed by atoms with Crippen LogP contribution in [0.3, 0.4) is 0 Å². The molecule has 23 heavy (non-hydrogen) atoms. The first kappa shape index (κ1) is 17.4. The summed E-state index contributed by atoms with van der Waals surface area (Å²) in [5.74, 6) is 0.938. The van der Waals surface area contributed by atoms with Crippen LogP contribution in [0.1, 0.15) is 20.3 Å². The van der Waals surface area contributed by atoms with Crippen LogP contribution in [0.4, 0.5) is 16.2 Å². The van der Waals surface area contributed by atoms with E-state index in [-0.39, 0.29) is 11.8 Å². The minimum atomic E-state index is -3.31. The Morgan fingerprint density at radius 3 is 2.70 bits per heavy atom. The van der Waals surface area contributed by atoms with Gasteiger partial charge in [0.15, 0.2) is 0 Å². The van der Waals surface area contributed by atoms with Crippen molar-refractivity contribution in [1.29, 1.82) is 0 Å². The molecule has 0 radical (unpaired) electrons. The van der Waals surface area contributed by atoms with Gasteiger partial charge in [-0.25, -0.2) is 13.2 Å². The Balaban J connectivity index is 2.20. The van der Waals surface area contributed by atoms with Gasteiger partial charge in [-0.15, -0.1) is 0 Å². The number of rotatable bonds is 5. The molecule has 0 saturated carbocycles. The number of methoxy groups -OCH3 is 1. The molecule has 0 bridgehead atoms. The Kier molecular flexibility index (Phi) is 5.35. The van der Waals surface area contributed by atoms with Gasteiger partial charge in [0.25, 0.3) is 0 Å². The quantitative estimate of drug-likeness (QED) is 0.857. The second-order valence-corrected chi connectivity index (χ2v) is 7.87. The number of carbonyl (C=O) groups excluding carboxylic acids is 1. The SMILES string of the molecule is COc1ccc(NC(=O)NCC(C)C)cc1N1CCCS1(=O)=O. The summed E-state index contributed by atoms with van der Waals surface area (Å²) in [5.41, 5.74) is 0.968. The summed E-state index contributed by atoms with van der Waals surface area (Å²) >= 11 is 0. The summed E-state index contributed by atoms with van der Waals surface area (Å²) in [7, 11) is -1.82. The second-order valence-electron chi connectivity index (χ2n) is 5.86. The number of nitrogens with one attached hydrogen (secondary N) is 2. The Labute approximate surface area is 137 Å². The maximum Gasteiger partial charge on any atom is 0.319 e. The number of benzene rings is 1. The lowest BCUT2D eigenvalue weighted by molar-refractivity contribution is 0.251. The van der Waals surface area contributed by atoms with Gasteiger partial charge in [-0.05, 0) is 30.5 Å². The first-order valence-electron chi connectivity index (χ1n) is 7.57. The van der Waals surface area contributed by atoms with Gasteiger partial charge in [0.1, 0.15) is 5.75 Å². The lowest BCUT2D eigenvalue weighted by atomic mass is 10.2. The molecule has 2 rings (SSSR count). The molecule has 128 valence electrons. The van der Waals surface area contributed by atoms with Crippen molar-refractivity contribution in [3.8, 4) is 5.75 Å². The van der Waals surface area contributed by atoms with Crippen molar-refractivity contribution in [2.75, 3.05) is 35.6 Å². The molecule has 1 fully saturated rings. The van der Waals surface area contributed by atoms with Crippen molar-refractivity contribution in [2.24, 2.45) is 5.92 Å². The minimum absolute atomic E-state index is 0.128. The molecule has 7 nitrogen and oxygen atoms in total. The number of hydrogen-bond donors (Lipinski definition) is 2. The van der Waals surface area contributed by atoms with Gasteiger partial charge in [-0.1, -0.05) is 13.8 Å². The van der Waals surface area contributed by atoms with E-state index in [9.17, 15) is 13.2 Å². The zero-order chi connectivity index (χ0) is 17.0. The van der Waals surface area contributed by atoms with Gasteiger partial charge in [-0.2, -0.15) is 0 Å². The molecule has 1 aromatic rings. The molecule has 1 aliphatic rings. The highest BCUT2D eigenvalue weighted by molar-refractivity contribution is 7.93. The molecule has 1 aromatic carbocycles. The van der Waals surface area contributed by atoms with Crippen molar-refractivity contribution in [2.45, 2.75) is 20.3 Å². The number of carbonyl (C=O) groups is 1. The van der Waals surface area contributed by atoms with Crippen molar-refractivity contribution in [1.82, 2.24) is 5.32 Å². The number of sulfonamides is 1. The van der Waals surface area contributed by atoms with Crippen molar-refractivity contribution in [3.63, 3.8) is 0 Å². The van der Waals surface area contributed by atoms with Crippen LogP contribution in [0, 0.1) is 5.92 Å². The average molecular weight is 341 g/mol. The van der Waals surface area contributed by atoms with Gasteiger partial charge in [0.05, 0.1) is 18.6 Å². The predicted octanol–water partition coefficient (Wildman–Crippen LogP) is 2.01. The highest BCUT2D eigenvalue weighted by Crippen LogP contribution is 2.35. The second kappa shape index (κ2) is 7.08. The van der Waals surface area contributed by atoms with Gasteiger partial charge in [0, 0.05) is 18.8 Å². The third-order valence-electron chi connectivity index (χ3n) is 3.48. The van der Waals surface area contributed by atoms with Gasteiger partial charge >= 0.3 is 6.03 Å². The smallest absolute Gasteiger partial charge is 0.319 e. The third kappa shape index (κ3) is 4.28. The number of amides is 2. The van der Waals surface area contributed by atoms with Crippen molar-refractivity contribution in [3.05, 3.63) is 18.2 Å². The molecule has 2 amide bonds. The van der Waals surface area contributed by atoms with Crippen molar-refractivity contribution < 1.29 is 17.9 Å². The molecule has 0 atom stereocenters. The first-order chi connectivity index (χ1) is 10.8. The summed E-state index contributed by atoms with van der Waals surface area (Å²) in [4.78, 5) is 11.8. The number of hydrogen-bond acceptors (Lipinski definition) is 4. The van der Waals surface area contributed by atoms with E-state index in [1.165, 1.54) is 11.4 Å². The maximum atomic E-state index is 12.1. The predicted molar refractivity (Wildman–Crippen MR) is 90.6 cm³/mol. The fourth-order valence-corrected chi connectivity index (χ4v) is 3.91. The number of nitrogens with zero attached hydrogens (tertiary/aromatic N) is 1. The molecule has 1 heterocycles. The van der Waals surface area contributed by atoms with Crippen molar-refractivity contribution >= 4 is 27.4 Å². The van der Waals surface area contributed by atoms with Crippen LogP contribution < -0.4 is 19.7 Å². The van der Waals surface area contributed by atoms with Gasteiger partial charge in [0.2, 0.25) is 10.0 Å². The minimum Gasteiger partial charge on any atom is -0.495 e. The number of ether oxygens (including phenoxy) is 1. The van der Waals surface area contributed by atoms with Crippen LogP contribution in [-0.2, 0) is 10.0 Å². The number of anilines is 2. The van der Waals surface area contributed by atoms with E-state index < -0.39 is 10.0 Å². The molecule has 1 aliphatic heterocycles. The van der Waals surface area contributed by atoms with Gasteiger partial charge in [-0.3, -0.25) is 4.31 Å². The fourth-order valence-electron chi connectivity index (χ4n) is 2.34. The van der Waals surface area contributed by atoms with E-state index in [1.807, 2.05) is 13.8 Å². The van der Waals surface area contributed by atoms with Crippen LogP contribution in [-0.4, -0.2) is 40.4 Å². The van der Waals surface area contributed by atoms with Crippen LogP contribution >= 0.6 is 0 Å². The van der Waals surface area contributed by atoms with E-state index in [1.54, 1.807) is 18.2 Å². The highest BCUT2D eigenvalue weighted by Gasteiger charge is 2.30.